The molecule has 0 aliphatic rings. The van der Waals surface area contributed by atoms with Crippen molar-refractivity contribution in [3.63, 3.8) is 0 Å². The highest BCUT2D eigenvalue weighted by Crippen LogP contribution is 2.22. The maximum Gasteiger partial charge on any atom is 0.298 e. The van der Waals surface area contributed by atoms with Gasteiger partial charge in [-0.05, 0) is 48.7 Å². The highest BCUT2D eigenvalue weighted by molar-refractivity contribution is 7.89. The van der Waals surface area contributed by atoms with Gasteiger partial charge in [-0.1, -0.05) is 24.3 Å². The van der Waals surface area contributed by atoms with Gasteiger partial charge in [-0.25, -0.2) is 17.5 Å². The molecule has 8 nitrogen and oxygen atoms in total. The molecule has 32 heavy (non-hydrogen) atoms. The molecule has 1 amide bonds. The van der Waals surface area contributed by atoms with Gasteiger partial charge in [0.15, 0.2) is 5.69 Å². The number of oxazole rings is 1. The van der Waals surface area contributed by atoms with Crippen molar-refractivity contribution >= 4 is 21.9 Å². The number of hydrogen-bond donors (Lipinski definition) is 1. The van der Waals surface area contributed by atoms with Crippen LogP contribution in [0.5, 0.6) is 0 Å². The van der Waals surface area contributed by atoms with Gasteiger partial charge in [-0.2, -0.15) is 10.2 Å². The van der Waals surface area contributed by atoms with E-state index in [-0.39, 0.29) is 23.3 Å². The molecule has 10 heteroatoms. The van der Waals surface area contributed by atoms with Crippen LogP contribution in [0.1, 0.15) is 32.9 Å². The first-order chi connectivity index (χ1) is 15.1. The lowest BCUT2D eigenvalue weighted by molar-refractivity contribution is 0.0976. The van der Waals surface area contributed by atoms with Crippen LogP contribution in [0.2, 0.25) is 0 Å². The Balaban J connectivity index is 1.85. The molecule has 3 aromatic rings. The zero-order chi connectivity index (χ0) is 23.3. The van der Waals surface area contributed by atoms with E-state index in [1.807, 2.05) is 16.9 Å². The lowest BCUT2D eigenvalue weighted by Gasteiger charge is -2.21. The molecule has 0 saturated carbocycles. The fourth-order valence-corrected chi connectivity index (χ4v) is 3.44. The summed E-state index contributed by atoms with van der Waals surface area (Å²) in [6.07, 6.45) is 1.46. The van der Waals surface area contributed by atoms with Crippen molar-refractivity contribution in [2.45, 2.75) is 19.9 Å². The van der Waals surface area contributed by atoms with Crippen molar-refractivity contribution in [1.82, 2.24) is 9.71 Å². The Hall–Kier alpha value is -3.71. The minimum Gasteiger partial charge on any atom is -0.428 e. The Morgan fingerprint density at radius 2 is 1.78 bits per heavy atom. The van der Waals surface area contributed by atoms with Gasteiger partial charge >= 0.3 is 0 Å². The second-order valence-electron chi connectivity index (χ2n) is 7.21. The Bertz CT molecular complexity index is 1250. The van der Waals surface area contributed by atoms with E-state index in [4.69, 9.17) is 9.68 Å². The summed E-state index contributed by atoms with van der Waals surface area (Å²) >= 11 is 0. The summed E-state index contributed by atoms with van der Waals surface area (Å²) < 4.78 is 43.6. The second-order valence-corrected chi connectivity index (χ2v) is 8.96. The minimum absolute atomic E-state index is 0.132. The standard InChI is InChI=1S/C22H21FN4O4S/c1-15-20(21(28)26-32(2,29)30)25-22(31-15)27(14-18-7-9-19(23)10-8-18)12-11-16-3-5-17(13-24)6-4-16/h3-10H,11-12,14H2,1-2H3,(H,26,28). The van der Waals surface area contributed by atoms with Crippen molar-refractivity contribution in [2.24, 2.45) is 0 Å². The molecule has 0 fully saturated rings. The number of nitriles is 1. The van der Waals surface area contributed by atoms with Gasteiger partial charge in [-0.3, -0.25) is 4.79 Å². The van der Waals surface area contributed by atoms with Crippen LogP contribution in [0.4, 0.5) is 10.4 Å². The summed E-state index contributed by atoms with van der Waals surface area (Å²) in [4.78, 5) is 18.2. The molecular formula is C22H21FN4O4S. The third-order valence-electron chi connectivity index (χ3n) is 4.59. The van der Waals surface area contributed by atoms with Gasteiger partial charge in [0.1, 0.15) is 11.6 Å². The van der Waals surface area contributed by atoms with E-state index < -0.39 is 15.9 Å². The van der Waals surface area contributed by atoms with Gasteiger partial charge in [0.05, 0.1) is 17.9 Å². The third kappa shape index (κ3) is 6.15. The van der Waals surface area contributed by atoms with Gasteiger partial charge < -0.3 is 9.32 Å². The summed E-state index contributed by atoms with van der Waals surface area (Å²) in [6, 6.07) is 15.3. The molecule has 0 spiro atoms. The van der Waals surface area contributed by atoms with E-state index in [1.165, 1.54) is 19.1 Å². The maximum absolute atomic E-state index is 13.3. The molecule has 0 aliphatic carbocycles. The monoisotopic (exact) mass is 456 g/mol. The first-order valence-electron chi connectivity index (χ1n) is 9.62. The summed E-state index contributed by atoms with van der Waals surface area (Å²) in [5.41, 5.74) is 2.20. The number of benzene rings is 2. The van der Waals surface area contributed by atoms with E-state index in [2.05, 4.69) is 11.1 Å². The molecule has 0 saturated heterocycles. The molecule has 1 N–H and O–H groups in total. The number of nitrogens with zero attached hydrogens (tertiary/aromatic N) is 3. The molecule has 1 heterocycles. The first kappa shape index (κ1) is 23.0. The lowest BCUT2D eigenvalue weighted by atomic mass is 10.1. The average Bonchev–Trinajstić information content (AvgIpc) is 3.13. The Morgan fingerprint density at radius 1 is 1.16 bits per heavy atom. The molecule has 166 valence electrons. The minimum atomic E-state index is -3.76. The number of halogens is 1. The smallest absolute Gasteiger partial charge is 0.298 e. The third-order valence-corrected chi connectivity index (χ3v) is 5.15. The molecule has 0 radical (unpaired) electrons. The average molecular weight is 456 g/mol. The molecule has 0 aliphatic heterocycles. The van der Waals surface area contributed by atoms with E-state index in [1.54, 1.807) is 29.2 Å². The van der Waals surface area contributed by atoms with Crippen LogP contribution in [0.15, 0.2) is 52.9 Å². The van der Waals surface area contributed by atoms with E-state index in [0.717, 1.165) is 17.4 Å². The van der Waals surface area contributed by atoms with Crippen LogP contribution in [0.3, 0.4) is 0 Å². The number of nitrogens with one attached hydrogen (secondary N) is 1. The Labute approximate surface area is 185 Å². The van der Waals surface area contributed by atoms with E-state index in [0.29, 0.717) is 25.1 Å². The number of hydrogen-bond acceptors (Lipinski definition) is 7. The molecule has 1 aromatic heterocycles. The summed E-state index contributed by atoms with van der Waals surface area (Å²) in [6.45, 7) is 2.28. The number of carbonyl (C=O) groups excluding carboxylic acids is 1. The lowest BCUT2D eigenvalue weighted by Crippen LogP contribution is -2.30. The number of sulfonamides is 1. The van der Waals surface area contributed by atoms with Crippen molar-refractivity contribution in [3.8, 4) is 6.07 Å². The normalized spacial score (nSPS) is 11.1. The number of aromatic nitrogens is 1. The topological polar surface area (TPSA) is 116 Å². The van der Waals surface area contributed by atoms with E-state index >= 15 is 0 Å². The molecule has 3 rings (SSSR count). The van der Waals surface area contributed by atoms with Gasteiger partial charge in [0.25, 0.3) is 11.9 Å². The molecule has 0 bridgehead atoms. The highest BCUT2D eigenvalue weighted by Gasteiger charge is 2.23. The van der Waals surface area contributed by atoms with Crippen molar-refractivity contribution in [1.29, 1.82) is 5.26 Å². The van der Waals surface area contributed by atoms with E-state index in [9.17, 15) is 17.6 Å². The van der Waals surface area contributed by atoms with Gasteiger partial charge in [-0.15, -0.1) is 0 Å². The van der Waals surface area contributed by atoms with Crippen LogP contribution in [-0.4, -0.2) is 32.1 Å². The fourth-order valence-electron chi connectivity index (χ4n) is 3.01. The van der Waals surface area contributed by atoms with Crippen LogP contribution < -0.4 is 9.62 Å². The largest absolute Gasteiger partial charge is 0.428 e. The maximum atomic E-state index is 13.3. The summed E-state index contributed by atoms with van der Waals surface area (Å²) in [5, 5.41) is 8.95. The zero-order valence-electron chi connectivity index (χ0n) is 17.5. The summed E-state index contributed by atoms with van der Waals surface area (Å²) in [5.74, 6) is -1.07. The number of amides is 1. The van der Waals surface area contributed by atoms with Crippen molar-refractivity contribution in [3.05, 3.63) is 82.5 Å². The van der Waals surface area contributed by atoms with Gasteiger partial charge in [0, 0.05) is 13.1 Å². The predicted molar refractivity (Wildman–Crippen MR) is 116 cm³/mol. The Kier molecular flexibility index (Phi) is 6.90. The van der Waals surface area contributed by atoms with Crippen LogP contribution in [0, 0.1) is 24.1 Å². The quantitative estimate of drug-likeness (QED) is 0.554. The number of anilines is 1. The zero-order valence-corrected chi connectivity index (χ0v) is 18.3. The highest BCUT2D eigenvalue weighted by atomic mass is 32.2. The molecule has 0 atom stereocenters. The van der Waals surface area contributed by atoms with Crippen LogP contribution in [-0.2, 0) is 23.0 Å². The molecular weight excluding hydrogens is 435 g/mol. The number of carbonyl (C=O) groups is 1. The molecule has 0 unspecified atom stereocenters. The predicted octanol–water partition coefficient (Wildman–Crippen LogP) is 2.93. The summed E-state index contributed by atoms with van der Waals surface area (Å²) in [7, 11) is -3.76. The molecule has 2 aromatic carbocycles. The van der Waals surface area contributed by atoms with Crippen LogP contribution in [0.25, 0.3) is 0 Å². The van der Waals surface area contributed by atoms with Crippen LogP contribution >= 0.6 is 0 Å². The number of aryl methyl sites for hydroxylation is 1. The second kappa shape index (κ2) is 9.62. The van der Waals surface area contributed by atoms with Crippen molar-refractivity contribution < 1.29 is 22.0 Å². The van der Waals surface area contributed by atoms with Crippen molar-refractivity contribution in [2.75, 3.05) is 17.7 Å². The SMILES string of the molecule is Cc1oc(N(CCc2ccc(C#N)cc2)Cc2ccc(F)cc2)nc1C(=O)NS(C)(=O)=O. The first-order valence-corrected chi connectivity index (χ1v) is 11.5. The van der Waals surface area contributed by atoms with Gasteiger partial charge in [0.2, 0.25) is 10.0 Å². The Morgan fingerprint density at radius 3 is 2.38 bits per heavy atom. The fraction of sp³-hybridized carbons (Fsp3) is 0.227. The number of rotatable bonds is 8.